The van der Waals surface area contributed by atoms with Gasteiger partial charge in [-0.2, -0.15) is 0 Å². The molecule has 7 heteroatoms. The van der Waals surface area contributed by atoms with Crippen LogP contribution in [0.5, 0.6) is 5.75 Å². The average molecular weight is 248 g/mol. The van der Waals surface area contributed by atoms with Crippen LogP contribution in [0.3, 0.4) is 0 Å². The first kappa shape index (κ1) is 14.8. The van der Waals surface area contributed by atoms with E-state index < -0.39 is 18.2 Å². The van der Waals surface area contributed by atoms with E-state index in [9.17, 15) is 12.9 Å². The number of aryl methyl sites for hydroxylation is 1. The molecule has 72 valence electrons. The van der Waals surface area contributed by atoms with E-state index in [0.717, 1.165) is 6.07 Å². The first-order chi connectivity index (χ1) is 5.82. The molecule has 1 rings (SSSR count). The summed E-state index contributed by atoms with van der Waals surface area (Å²) in [5.74, 6) is -0.808. The average Bonchev–Trinajstić information content (AvgIpc) is 1.78. The quantitative estimate of drug-likeness (QED) is 0.659. The molecule has 0 amide bonds. The molecular formula is C7H6BClF3KO. The first-order valence-corrected chi connectivity index (χ1v) is 3.89. The number of rotatable bonds is 1. The molecule has 0 spiro atoms. The number of halogens is 4. The van der Waals surface area contributed by atoms with Crippen molar-refractivity contribution in [1.82, 2.24) is 0 Å². The standard InChI is InChI=1S/C7H6BClF3O.K/c1-4-2-5(9)3-6(13)7(4)8(10,11)12;/h2-3,13H,1H3;/q-1;+1. The van der Waals surface area contributed by atoms with Gasteiger partial charge in [0.2, 0.25) is 0 Å². The van der Waals surface area contributed by atoms with Gasteiger partial charge in [-0.15, -0.1) is 0 Å². The fraction of sp³-hybridized carbons (Fsp3) is 0.143. The molecule has 0 saturated heterocycles. The van der Waals surface area contributed by atoms with E-state index in [0.29, 0.717) is 0 Å². The van der Waals surface area contributed by atoms with E-state index >= 15 is 0 Å². The fourth-order valence-corrected chi connectivity index (χ4v) is 1.43. The molecule has 14 heavy (non-hydrogen) atoms. The van der Waals surface area contributed by atoms with Gasteiger partial charge in [0.25, 0.3) is 0 Å². The van der Waals surface area contributed by atoms with Crippen LogP contribution in [-0.2, 0) is 0 Å². The maximum Gasteiger partial charge on any atom is 1.00 e. The minimum Gasteiger partial charge on any atom is -0.511 e. The number of phenolic OH excluding ortho intramolecular Hbond substituents is 1. The summed E-state index contributed by atoms with van der Waals surface area (Å²) in [4.78, 5) is 0. The fourth-order valence-electron chi connectivity index (χ4n) is 1.16. The molecule has 0 heterocycles. The van der Waals surface area contributed by atoms with Crippen molar-refractivity contribution in [1.29, 1.82) is 0 Å². The molecule has 0 radical (unpaired) electrons. The van der Waals surface area contributed by atoms with Crippen LogP contribution in [0.2, 0.25) is 5.02 Å². The van der Waals surface area contributed by atoms with Gasteiger partial charge in [0.05, 0.1) is 5.75 Å². The zero-order valence-corrected chi connectivity index (χ0v) is 11.6. The van der Waals surface area contributed by atoms with E-state index in [-0.39, 0.29) is 62.0 Å². The summed E-state index contributed by atoms with van der Waals surface area (Å²) in [5.41, 5.74) is -1.03. The van der Waals surface area contributed by atoms with Gasteiger partial charge in [0.1, 0.15) is 0 Å². The maximum absolute atomic E-state index is 12.3. The predicted molar refractivity (Wildman–Crippen MR) is 46.6 cm³/mol. The van der Waals surface area contributed by atoms with Crippen molar-refractivity contribution < 1.29 is 69.4 Å². The van der Waals surface area contributed by atoms with Crippen molar-refractivity contribution >= 4 is 24.0 Å². The molecule has 0 atom stereocenters. The predicted octanol–water partition coefficient (Wildman–Crippen LogP) is -0.588. The van der Waals surface area contributed by atoms with Gasteiger partial charge in [-0.05, 0) is 19.1 Å². The molecule has 0 aliphatic rings. The van der Waals surface area contributed by atoms with E-state index in [1.807, 2.05) is 0 Å². The number of benzene rings is 1. The van der Waals surface area contributed by atoms with Crippen LogP contribution < -0.4 is 56.8 Å². The van der Waals surface area contributed by atoms with Crippen LogP contribution in [0.1, 0.15) is 5.56 Å². The van der Waals surface area contributed by atoms with Gasteiger partial charge in [-0.25, -0.2) is 0 Å². The Balaban J connectivity index is 0.00000169. The molecule has 0 bridgehead atoms. The van der Waals surface area contributed by atoms with Crippen LogP contribution >= 0.6 is 11.6 Å². The van der Waals surface area contributed by atoms with Crippen LogP contribution in [-0.4, -0.2) is 12.1 Å². The summed E-state index contributed by atoms with van der Waals surface area (Å²) < 4.78 is 36.9. The molecule has 0 fully saturated rings. The van der Waals surface area contributed by atoms with Gasteiger partial charge >= 0.3 is 58.4 Å². The van der Waals surface area contributed by atoms with Crippen LogP contribution in [0, 0.1) is 6.92 Å². The Morgan fingerprint density at radius 3 is 2.14 bits per heavy atom. The normalized spacial score (nSPS) is 10.9. The SMILES string of the molecule is Cc1cc(Cl)cc(O)c1[B-](F)(F)F.[K+]. The second kappa shape index (κ2) is 5.23. The van der Waals surface area contributed by atoms with E-state index in [4.69, 9.17) is 16.7 Å². The maximum atomic E-state index is 12.3. The molecule has 1 aromatic carbocycles. The third kappa shape index (κ3) is 3.43. The number of phenols is 1. The minimum absolute atomic E-state index is 0. The summed E-state index contributed by atoms with van der Waals surface area (Å²) >= 11 is 5.45. The van der Waals surface area contributed by atoms with Gasteiger partial charge < -0.3 is 18.1 Å². The van der Waals surface area contributed by atoms with Crippen molar-refractivity contribution in [3.05, 3.63) is 22.7 Å². The molecule has 1 N–H and O–H groups in total. The van der Waals surface area contributed by atoms with Crippen molar-refractivity contribution in [3.63, 3.8) is 0 Å². The van der Waals surface area contributed by atoms with Crippen LogP contribution in [0.25, 0.3) is 0 Å². The van der Waals surface area contributed by atoms with Gasteiger partial charge in [0.15, 0.2) is 0 Å². The monoisotopic (exact) mass is 248 g/mol. The Labute approximate surface area is 127 Å². The van der Waals surface area contributed by atoms with Gasteiger partial charge in [0, 0.05) is 5.02 Å². The summed E-state index contributed by atoms with van der Waals surface area (Å²) in [5, 5.41) is 9.12. The summed E-state index contributed by atoms with van der Waals surface area (Å²) in [6.45, 7) is -3.92. The zero-order valence-electron chi connectivity index (χ0n) is 7.69. The minimum atomic E-state index is -5.18. The van der Waals surface area contributed by atoms with Crippen molar-refractivity contribution in [2.24, 2.45) is 0 Å². The van der Waals surface area contributed by atoms with Gasteiger partial charge in [-0.3, -0.25) is 0 Å². The molecule has 0 aromatic heterocycles. The number of hydrogen-bond acceptors (Lipinski definition) is 1. The number of aromatic hydroxyl groups is 1. The summed E-state index contributed by atoms with van der Waals surface area (Å²) in [6, 6.07) is 2.06. The molecule has 0 aliphatic carbocycles. The Kier molecular flexibility index (Phi) is 5.53. The third-order valence-corrected chi connectivity index (χ3v) is 1.88. The second-order valence-electron chi connectivity index (χ2n) is 2.73. The largest absolute Gasteiger partial charge is 1.00 e. The zero-order chi connectivity index (χ0) is 10.2. The molecule has 1 aromatic rings. The Bertz CT molecular complexity index is 319. The van der Waals surface area contributed by atoms with Crippen molar-refractivity contribution in [2.75, 3.05) is 0 Å². The first-order valence-electron chi connectivity index (χ1n) is 3.51. The Morgan fingerprint density at radius 1 is 1.29 bits per heavy atom. The van der Waals surface area contributed by atoms with Crippen molar-refractivity contribution in [3.8, 4) is 5.75 Å². The van der Waals surface area contributed by atoms with E-state index in [1.165, 1.54) is 13.0 Å². The van der Waals surface area contributed by atoms with Crippen LogP contribution in [0.4, 0.5) is 12.9 Å². The molecule has 0 saturated carbocycles. The van der Waals surface area contributed by atoms with E-state index in [2.05, 4.69) is 0 Å². The smallest absolute Gasteiger partial charge is 0.511 e. The van der Waals surface area contributed by atoms with Gasteiger partial charge in [-0.1, -0.05) is 22.6 Å². The molecule has 0 aliphatic heterocycles. The topological polar surface area (TPSA) is 20.2 Å². The summed E-state index contributed by atoms with van der Waals surface area (Å²) in [7, 11) is 0. The van der Waals surface area contributed by atoms with E-state index in [1.54, 1.807) is 0 Å². The Hall–Kier alpha value is 0.801. The number of hydrogen-bond donors (Lipinski definition) is 1. The Morgan fingerprint density at radius 2 is 1.79 bits per heavy atom. The molecule has 0 unspecified atom stereocenters. The summed E-state index contributed by atoms with van der Waals surface area (Å²) in [6.07, 6.45) is 0. The van der Waals surface area contributed by atoms with Crippen LogP contribution in [0.15, 0.2) is 12.1 Å². The molecular weight excluding hydrogens is 242 g/mol. The van der Waals surface area contributed by atoms with Crippen molar-refractivity contribution in [2.45, 2.75) is 6.92 Å². The second-order valence-corrected chi connectivity index (χ2v) is 3.17. The third-order valence-electron chi connectivity index (χ3n) is 1.66. The molecule has 1 nitrogen and oxygen atoms in total.